The number of hydrogen-bond acceptors (Lipinski definition) is 3. The summed E-state index contributed by atoms with van der Waals surface area (Å²) in [6.45, 7) is 0.570. The third kappa shape index (κ3) is 4.38. The van der Waals surface area contributed by atoms with Crippen LogP contribution in [0.2, 0.25) is 0 Å². The molecule has 4 bridgehead atoms. The summed E-state index contributed by atoms with van der Waals surface area (Å²) < 4.78 is 0. The number of nitrogens with one attached hydrogen (secondary N) is 3. The highest BCUT2D eigenvalue weighted by molar-refractivity contribution is 7.09. The summed E-state index contributed by atoms with van der Waals surface area (Å²) >= 11 is 1.64. The van der Waals surface area contributed by atoms with E-state index in [4.69, 9.17) is 0 Å². The summed E-state index contributed by atoms with van der Waals surface area (Å²) in [5, 5.41) is 11.3. The number of rotatable bonds is 6. The SMILES string of the molecule is O=C(Cc1ccc(NC(=O)NC23CC4CC(CC(C4)C2)C3)cc1)NCc1cccs1. The number of hydrogen-bond donors (Lipinski definition) is 3. The van der Waals surface area contributed by atoms with Crippen LogP contribution in [0.3, 0.4) is 0 Å². The van der Waals surface area contributed by atoms with E-state index in [2.05, 4.69) is 16.0 Å². The first-order chi connectivity index (χ1) is 14.6. The third-order valence-corrected chi connectivity index (χ3v) is 7.91. The van der Waals surface area contributed by atoms with Crippen molar-refractivity contribution in [3.8, 4) is 0 Å². The largest absolute Gasteiger partial charge is 0.351 e. The molecule has 5 nitrogen and oxygen atoms in total. The fourth-order valence-electron chi connectivity index (χ4n) is 6.22. The van der Waals surface area contributed by atoms with E-state index in [1.54, 1.807) is 11.3 Å². The molecule has 4 saturated carbocycles. The molecule has 158 valence electrons. The zero-order valence-corrected chi connectivity index (χ0v) is 18.0. The van der Waals surface area contributed by atoms with Crippen molar-refractivity contribution in [2.24, 2.45) is 17.8 Å². The molecule has 6 heteroatoms. The highest BCUT2D eigenvalue weighted by Gasteiger charge is 2.51. The number of thiophene rings is 1. The standard InChI is InChI=1S/C24H29N3O2S/c28-22(25-15-21-2-1-7-30-21)11-16-3-5-20(6-4-16)26-23(29)27-24-12-17-8-18(13-24)10-19(9-17)14-24/h1-7,17-19H,8-15H2,(H,25,28)(H2,26,27,29). The van der Waals surface area contributed by atoms with Crippen LogP contribution in [0.5, 0.6) is 0 Å². The predicted molar refractivity (Wildman–Crippen MR) is 119 cm³/mol. The van der Waals surface area contributed by atoms with Crippen LogP contribution in [0.25, 0.3) is 0 Å². The molecule has 4 aliphatic rings. The molecule has 6 rings (SSSR count). The molecule has 4 fully saturated rings. The molecule has 0 aliphatic heterocycles. The lowest BCUT2D eigenvalue weighted by atomic mass is 9.53. The molecular weight excluding hydrogens is 394 g/mol. The van der Waals surface area contributed by atoms with Gasteiger partial charge in [-0.1, -0.05) is 18.2 Å². The van der Waals surface area contributed by atoms with Crippen molar-refractivity contribution in [1.29, 1.82) is 0 Å². The van der Waals surface area contributed by atoms with Gasteiger partial charge in [-0.15, -0.1) is 11.3 Å². The van der Waals surface area contributed by atoms with E-state index in [-0.39, 0.29) is 17.5 Å². The first-order valence-electron chi connectivity index (χ1n) is 11.0. The summed E-state index contributed by atoms with van der Waals surface area (Å²) in [5.74, 6) is 2.43. The first kappa shape index (κ1) is 19.6. The molecular formula is C24H29N3O2S. The Bertz CT molecular complexity index is 872. The minimum Gasteiger partial charge on any atom is -0.351 e. The van der Waals surface area contributed by atoms with Crippen LogP contribution in [0.4, 0.5) is 10.5 Å². The van der Waals surface area contributed by atoms with Crippen LogP contribution in [-0.2, 0) is 17.8 Å². The normalized spacial score (nSPS) is 28.9. The zero-order valence-electron chi connectivity index (χ0n) is 17.2. The minimum absolute atomic E-state index is 0.00340. The third-order valence-electron chi connectivity index (χ3n) is 7.03. The van der Waals surface area contributed by atoms with Crippen LogP contribution in [0, 0.1) is 17.8 Å². The molecule has 3 amide bonds. The Morgan fingerprint density at radius 3 is 2.23 bits per heavy atom. The Kier molecular flexibility index (Phi) is 5.27. The predicted octanol–water partition coefficient (Wildman–Crippen LogP) is 4.70. The lowest BCUT2D eigenvalue weighted by Crippen LogP contribution is -2.60. The van der Waals surface area contributed by atoms with Gasteiger partial charge in [0, 0.05) is 16.1 Å². The molecule has 2 aromatic rings. The zero-order chi connectivity index (χ0) is 20.6. The van der Waals surface area contributed by atoms with Crippen molar-refractivity contribution >= 4 is 29.0 Å². The number of carbonyl (C=O) groups excluding carboxylic acids is 2. The first-order valence-corrected chi connectivity index (χ1v) is 11.9. The molecule has 30 heavy (non-hydrogen) atoms. The van der Waals surface area contributed by atoms with Gasteiger partial charge >= 0.3 is 6.03 Å². The Labute approximate surface area is 181 Å². The highest BCUT2D eigenvalue weighted by atomic mass is 32.1. The van der Waals surface area contributed by atoms with Gasteiger partial charge in [0.25, 0.3) is 0 Å². The topological polar surface area (TPSA) is 70.2 Å². The lowest BCUT2D eigenvalue weighted by Gasteiger charge is -2.56. The van der Waals surface area contributed by atoms with Crippen LogP contribution < -0.4 is 16.0 Å². The fourth-order valence-corrected chi connectivity index (χ4v) is 6.86. The monoisotopic (exact) mass is 423 g/mol. The second-order valence-electron chi connectivity index (χ2n) is 9.51. The lowest BCUT2D eigenvalue weighted by molar-refractivity contribution is -0.120. The highest BCUT2D eigenvalue weighted by Crippen LogP contribution is 2.55. The number of urea groups is 1. The summed E-state index contributed by atoms with van der Waals surface area (Å²) in [4.78, 5) is 26.0. The van der Waals surface area contributed by atoms with Crippen molar-refractivity contribution < 1.29 is 9.59 Å². The summed E-state index contributed by atoms with van der Waals surface area (Å²) in [5.41, 5.74) is 1.71. The van der Waals surface area contributed by atoms with E-state index < -0.39 is 0 Å². The molecule has 3 N–H and O–H groups in total. The molecule has 1 heterocycles. The van der Waals surface area contributed by atoms with Crippen molar-refractivity contribution in [2.75, 3.05) is 5.32 Å². The Balaban J connectivity index is 1.12. The molecule has 0 saturated heterocycles. The van der Waals surface area contributed by atoms with Crippen molar-refractivity contribution in [3.63, 3.8) is 0 Å². The van der Waals surface area contributed by atoms with Gasteiger partial charge < -0.3 is 16.0 Å². The molecule has 0 radical (unpaired) electrons. The van der Waals surface area contributed by atoms with E-state index in [1.807, 2.05) is 41.8 Å². The second-order valence-corrected chi connectivity index (χ2v) is 10.5. The van der Waals surface area contributed by atoms with Crippen LogP contribution in [0.15, 0.2) is 41.8 Å². The molecule has 0 atom stereocenters. The molecule has 0 unspecified atom stereocenters. The number of carbonyl (C=O) groups is 2. The van der Waals surface area contributed by atoms with Crippen molar-refractivity contribution in [1.82, 2.24) is 10.6 Å². The van der Waals surface area contributed by atoms with E-state index in [0.717, 1.165) is 53.1 Å². The Hall–Kier alpha value is -2.34. The van der Waals surface area contributed by atoms with Crippen LogP contribution >= 0.6 is 11.3 Å². The van der Waals surface area contributed by atoms with Gasteiger partial charge in [-0.25, -0.2) is 4.79 Å². The minimum atomic E-state index is -0.0987. The van der Waals surface area contributed by atoms with Gasteiger partial charge in [0.15, 0.2) is 0 Å². The average molecular weight is 424 g/mol. The van der Waals surface area contributed by atoms with E-state index in [9.17, 15) is 9.59 Å². The summed E-state index contributed by atoms with van der Waals surface area (Å²) in [6, 6.07) is 11.5. The van der Waals surface area contributed by atoms with Crippen LogP contribution in [-0.4, -0.2) is 17.5 Å². The van der Waals surface area contributed by atoms with Crippen LogP contribution in [0.1, 0.15) is 49.0 Å². The van der Waals surface area contributed by atoms with Gasteiger partial charge in [0.05, 0.1) is 13.0 Å². The quantitative estimate of drug-likeness (QED) is 0.630. The number of anilines is 1. The van der Waals surface area contributed by atoms with Gasteiger partial charge in [0.2, 0.25) is 5.91 Å². The van der Waals surface area contributed by atoms with E-state index >= 15 is 0 Å². The second kappa shape index (κ2) is 8.06. The Morgan fingerprint density at radius 1 is 0.967 bits per heavy atom. The maximum Gasteiger partial charge on any atom is 0.319 e. The molecule has 4 aliphatic carbocycles. The summed E-state index contributed by atoms with van der Waals surface area (Å²) in [6.07, 6.45) is 7.87. The number of amides is 3. The van der Waals surface area contributed by atoms with Gasteiger partial charge in [-0.2, -0.15) is 0 Å². The van der Waals surface area contributed by atoms with Crippen molar-refractivity contribution in [3.05, 3.63) is 52.2 Å². The maximum atomic E-state index is 12.7. The van der Waals surface area contributed by atoms with Crippen molar-refractivity contribution in [2.45, 2.75) is 57.0 Å². The van der Waals surface area contributed by atoms with E-state index in [0.29, 0.717) is 13.0 Å². The summed E-state index contributed by atoms with van der Waals surface area (Å²) in [7, 11) is 0. The number of benzene rings is 1. The van der Waals surface area contributed by atoms with Gasteiger partial charge in [-0.3, -0.25) is 4.79 Å². The maximum absolute atomic E-state index is 12.7. The van der Waals surface area contributed by atoms with E-state index in [1.165, 1.54) is 19.3 Å². The molecule has 0 spiro atoms. The van der Waals surface area contributed by atoms with Gasteiger partial charge in [-0.05, 0) is 85.4 Å². The fraction of sp³-hybridized carbons (Fsp3) is 0.500. The smallest absolute Gasteiger partial charge is 0.319 e. The molecule has 1 aromatic carbocycles. The molecule has 1 aromatic heterocycles. The Morgan fingerprint density at radius 2 is 1.63 bits per heavy atom. The average Bonchev–Trinajstić information content (AvgIpc) is 3.20. The van der Waals surface area contributed by atoms with Gasteiger partial charge in [0.1, 0.15) is 0 Å².